The normalized spacial score (nSPS) is 15.9. The molecule has 1 fully saturated rings. The number of ether oxygens (including phenoxy) is 2. The van der Waals surface area contributed by atoms with Crippen molar-refractivity contribution in [2.24, 2.45) is 0 Å². The number of β-amino-alcohol motifs (C(OH)–C–C–N with tert-alkyl or cyclic N) is 1. The predicted octanol–water partition coefficient (Wildman–Crippen LogP) is 2.78. The number of halogens is 1. The first kappa shape index (κ1) is 21.3. The molecule has 3 rings (SSSR count). The van der Waals surface area contributed by atoms with E-state index in [1.165, 1.54) is 5.39 Å². The van der Waals surface area contributed by atoms with Crippen LogP contribution < -0.4 is 4.74 Å². The molecule has 1 amide bonds. The largest absolute Gasteiger partial charge is 0.491 e. The Balaban J connectivity index is 0.00000261. The molecular formula is C20H27ClN2O4. The maximum atomic E-state index is 11.7. The van der Waals surface area contributed by atoms with Crippen molar-refractivity contribution in [3.8, 4) is 5.75 Å². The number of benzene rings is 2. The third-order valence-electron chi connectivity index (χ3n) is 4.53. The molecule has 0 bridgehead atoms. The van der Waals surface area contributed by atoms with E-state index < -0.39 is 6.10 Å². The Labute approximate surface area is 166 Å². The number of rotatable bonds is 6. The molecule has 1 N–H and O–H groups in total. The smallest absolute Gasteiger partial charge is 0.409 e. The quantitative estimate of drug-likeness (QED) is 0.816. The van der Waals surface area contributed by atoms with E-state index in [0.29, 0.717) is 26.2 Å². The molecule has 1 atom stereocenters. The van der Waals surface area contributed by atoms with E-state index in [-0.39, 0.29) is 25.1 Å². The van der Waals surface area contributed by atoms with Gasteiger partial charge in [0, 0.05) is 32.7 Å². The molecule has 0 aliphatic carbocycles. The second-order valence-corrected chi connectivity index (χ2v) is 6.46. The van der Waals surface area contributed by atoms with Gasteiger partial charge in [0.1, 0.15) is 18.5 Å². The number of fused-ring (bicyclic) bond motifs is 1. The van der Waals surface area contributed by atoms with Crippen molar-refractivity contribution in [3.05, 3.63) is 42.5 Å². The van der Waals surface area contributed by atoms with E-state index in [2.05, 4.69) is 11.0 Å². The summed E-state index contributed by atoms with van der Waals surface area (Å²) < 4.78 is 10.8. The number of nitrogens with zero attached hydrogens (tertiary/aromatic N) is 2. The summed E-state index contributed by atoms with van der Waals surface area (Å²) in [7, 11) is 0. The molecule has 6 nitrogen and oxygen atoms in total. The predicted molar refractivity (Wildman–Crippen MR) is 108 cm³/mol. The maximum absolute atomic E-state index is 11.7. The molecule has 27 heavy (non-hydrogen) atoms. The molecule has 1 aliphatic heterocycles. The summed E-state index contributed by atoms with van der Waals surface area (Å²) in [5.74, 6) is 0.759. The fraction of sp³-hybridized carbons (Fsp3) is 0.450. The van der Waals surface area contributed by atoms with Crippen molar-refractivity contribution >= 4 is 29.3 Å². The van der Waals surface area contributed by atoms with Gasteiger partial charge in [-0.15, -0.1) is 12.4 Å². The van der Waals surface area contributed by atoms with E-state index in [4.69, 9.17) is 9.47 Å². The van der Waals surface area contributed by atoms with Gasteiger partial charge in [0.15, 0.2) is 0 Å². The van der Waals surface area contributed by atoms with Crippen molar-refractivity contribution in [1.29, 1.82) is 0 Å². The van der Waals surface area contributed by atoms with Crippen LogP contribution in [0.25, 0.3) is 10.8 Å². The zero-order chi connectivity index (χ0) is 18.4. The molecule has 1 unspecified atom stereocenters. The number of aliphatic hydroxyl groups is 1. The second kappa shape index (κ2) is 10.3. The average molecular weight is 395 g/mol. The summed E-state index contributed by atoms with van der Waals surface area (Å²) >= 11 is 0. The van der Waals surface area contributed by atoms with Crippen LogP contribution in [0.2, 0.25) is 0 Å². The zero-order valence-corrected chi connectivity index (χ0v) is 16.4. The van der Waals surface area contributed by atoms with Crippen LogP contribution in [0, 0.1) is 0 Å². The Morgan fingerprint density at radius 1 is 1.11 bits per heavy atom. The SMILES string of the molecule is CCOC(=O)N1CCN(CC(O)COc2ccc3ccccc3c2)CC1.Cl. The van der Waals surface area contributed by atoms with E-state index in [1.807, 2.05) is 36.4 Å². The molecule has 7 heteroatoms. The maximum Gasteiger partial charge on any atom is 0.409 e. The lowest BCUT2D eigenvalue weighted by Crippen LogP contribution is -2.51. The fourth-order valence-electron chi connectivity index (χ4n) is 3.13. The second-order valence-electron chi connectivity index (χ2n) is 6.46. The minimum Gasteiger partial charge on any atom is -0.491 e. The number of amides is 1. The Hall–Kier alpha value is -2.02. The van der Waals surface area contributed by atoms with E-state index in [1.54, 1.807) is 11.8 Å². The van der Waals surface area contributed by atoms with Gasteiger partial charge in [-0.25, -0.2) is 4.79 Å². The molecule has 1 saturated heterocycles. The van der Waals surface area contributed by atoms with Crippen molar-refractivity contribution < 1.29 is 19.4 Å². The van der Waals surface area contributed by atoms with Gasteiger partial charge >= 0.3 is 6.09 Å². The van der Waals surface area contributed by atoms with Gasteiger partial charge in [0.25, 0.3) is 0 Å². The van der Waals surface area contributed by atoms with Crippen molar-refractivity contribution in [3.63, 3.8) is 0 Å². The minimum absolute atomic E-state index is 0. The third kappa shape index (κ3) is 5.99. The lowest BCUT2D eigenvalue weighted by molar-refractivity contribution is 0.0408. The highest BCUT2D eigenvalue weighted by molar-refractivity contribution is 5.85. The lowest BCUT2D eigenvalue weighted by Gasteiger charge is -2.34. The Kier molecular flexibility index (Phi) is 8.16. The molecule has 0 aromatic heterocycles. The highest BCUT2D eigenvalue weighted by Crippen LogP contribution is 2.20. The van der Waals surface area contributed by atoms with Crippen LogP contribution in [0.5, 0.6) is 5.75 Å². The van der Waals surface area contributed by atoms with Crippen LogP contribution in [0.3, 0.4) is 0 Å². The van der Waals surface area contributed by atoms with Gasteiger partial charge in [0.2, 0.25) is 0 Å². The lowest BCUT2D eigenvalue weighted by atomic mass is 10.1. The Bertz CT molecular complexity index is 735. The van der Waals surface area contributed by atoms with Crippen LogP contribution in [0.1, 0.15) is 6.92 Å². The van der Waals surface area contributed by atoms with E-state index in [9.17, 15) is 9.90 Å². The first-order valence-corrected chi connectivity index (χ1v) is 9.09. The number of piperazine rings is 1. The van der Waals surface area contributed by atoms with Gasteiger partial charge in [-0.1, -0.05) is 30.3 Å². The van der Waals surface area contributed by atoms with Gasteiger partial charge in [-0.3, -0.25) is 4.90 Å². The van der Waals surface area contributed by atoms with Gasteiger partial charge in [-0.2, -0.15) is 0 Å². The molecule has 2 aromatic carbocycles. The standard InChI is InChI=1S/C20H26N2O4.ClH/c1-2-25-20(24)22-11-9-21(10-12-22)14-18(23)15-26-19-8-7-16-5-3-4-6-17(16)13-19;/h3-8,13,18,23H,2,9-12,14-15H2,1H3;1H. The van der Waals surface area contributed by atoms with Crippen molar-refractivity contribution in [2.45, 2.75) is 13.0 Å². The number of carbonyl (C=O) groups excluding carboxylic acids is 1. The molecule has 0 radical (unpaired) electrons. The summed E-state index contributed by atoms with van der Waals surface area (Å²) in [5.41, 5.74) is 0. The number of carbonyl (C=O) groups is 1. The third-order valence-corrected chi connectivity index (χ3v) is 4.53. The highest BCUT2D eigenvalue weighted by Gasteiger charge is 2.23. The number of aliphatic hydroxyl groups excluding tert-OH is 1. The Morgan fingerprint density at radius 3 is 2.52 bits per heavy atom. The molecule has 1 aliphatic rings. The highest BCUT2D eigenvalue weighted by atomic mass is 35.5. The minimum atomic E-state index is -0.574. The first-order chi connectivity index (χ1) is 12.7. The van der Waals surface area contributed by atoms with E-state index >= 15 is 0 Å². The van der Waals surface area contributed by atoms with Crippen LogP contribution in [-0.2, 0) is 4.74 Å². The summed E-state index contributed by atoms with van der Waals surface area (Å²) in [5, 5.41) is 12.5. The molecule has 2 aromatic rings. The summed E-state index contributed by atoms with van der Waals surface area (Å²) in [6, 6.07) is 14.0. The number of hydrogen-bond acceptors (Lipinski definition) is 5. The van der Waals surface area contributed by atoms with Crippen LogP contribution in [-0.4, -0.2) is 73.0 Å². The molecular weight excluding hydrogens is 368 g/mol. The summed E-state index contributed by atoms with van der Waals surface area (Å²) in [6.07, 6.45) is -0.831. The molecule has 1 heterocycles. The monoisotopic (exact) mass is 394 g/mol. The van der Waals surface area contributed by atoms with E-state index in [0.717, 1.165) is 24.2 Å². The Morgan fingerprint density at radius 2 is 1.81 bits per heavy atom. The van der Waals surface area contributed by atoms with Gasteiger partial charge < -0.3 is 19.5 Å². The van der Waals surface area contributed by atoms with Crippen LogP contribution >= 0.6 is 12.4 Å². The van der Waals surface area contributed by atoms with Crippen molar-refractivity contribution in [1.82, 2.24) is 9.80 Å². The average Bonchev–Trinajstić information content (AvgIpc) is 2.67. The van der Waals surface area contributed by atoms with Gasteiger partial charge in [-0.05, 0) is 29.8 Å². The molecule has 0 saturated carbocycles. The number of hydrogen-bond donors (Lipinski definition) is 1. The van der Waals surface area contributed by atoms with Crippen LogP contribution in [0.4, 0.5) is 4.79 Å². The first-order valence-electron chi connectivity index (χ1n) is 9.09. The zero-order valence-electron chi connectivity index (χ0n) is 15.5. The van der Waals surface area contributed by atoms with Crippen molar-refractivity contribution in [2.75, 3.05) is 45.9 Å². The summed E-state index contributed by atoms with van der Waals surface area (Å²) in [4.78, 5) is 15.5. The topological polar surface area (TPSA) is 62.2 Å². The molecule has 148 valence electrons. The van der Waals surface area contributed by atoms with Gasteiger partial charge in [0.05, 0.1) is 6.61 Å². The molecule has 0 spiro atoms. The fourth-order valence-corrected chi connectivity index (χ4v) is 3.13. The van der Waals surface area contributed by atoms with Crippen LogP contribution in [0.15, 0.2) is 42.5 Å². The summed E-state index contributed by atoms with van der Waals surface area (Å²) in [6.45, 7) is 5.68.